The maximum Gasteiger partial charge on any atom is 0.330 e. The Bertz CT molecular complexity index is 642. The molecule has 7 nitrogen and oxygen atoms in total. The minimum absolute atomic E-state index is 0.0325. The molecule has 0 aliphatic carbocycles. The molecule has 1 aromatic rings. The summed E-state index contributed by atoms with van der Waals surface area (Å²) in [5.74, 6) is -4.98. The molecule has 1 aliphatic heterocycles. The first kappa shape index (κ1) is 17.7. The van der Waals surface area contributed by atoms with Gasteiger partial charge in [0.2, 0.25) is 5.78 Å². The number of hydrogen-bond acceptors (Lipinski definition) is 6. The molecule has 1 fully saturated rings. The molecular formula is C17H19NO6. The maximum atomic E-state index is 12.3. The predicted octanol–water partition coefficient (Wildman–Crippen LogP) is 0.709. The molecule has 0 bridgehead atoms. The van der Waals surface area contributed by atoms with E-state index in [-0.39, 0.29) is 19.8 Å². The van der Waals surface area contributed by atoms with Crippen LogP contribution in [-0.4, -0.2) is 47.8 Å². The highest BCUT2D eigenvalue weighted by atomic mass is 16.5. The number of ether oxygens (including phenoxy) is 2. The molecule has 1 aromatic carbocycles. The molecule has 0 saturated carbocycles. The summed E-state index contributed by atoms with van der Waals surface area (Å²) in [5, 5.41) is 0. The molecule has 1 aliphatic rings. The standard InChI is InChI=1S/C17H19NO6/c1-3-23-16(21)12-13(17(22)24-4-2)18(15(20)14(12)19)10-11-8-6-5-7-9-11/h5-9,12-13H,3-4,10H2,1-2H3/t12-,13+/m1/s1. The van der Waals surface area contributed by atoms with Gasteiger partial charge in [0.25, 0.3) is 5.91 Å². The van der Waals surface area contributed by atoms with Crippen molar-refractivity contribution in [2.24, 2.45) is 5.92 Å². The first-order chi connectivity index (χ1) is 11.5. The fourth-order valence-electron chi connectivity index (χ4n) is 2.63. The molecule has 2 rings (SSSR count). The molecule has 1 amide bonds. The van der Waals surface area contributed by atoms with E-state index in [0.717, 1.165) is 10.5 Å². The van der Waals surface area contributed by atoms with Crippen LogP contribution in [0.4, 0.5) is 0 Å². The van der Waals surface area contributed by atoms with Crippen molar-refractivity contribution in [1.82, 2.24) is 4.90 Å². The first-order valence-electron chi connectivity index (χ1n) is 7.73. The average molecular weight is 333 g/mol. The Kier molecular flexibility index (Phi) is 5.68. The molecule has 1 heterocycles. The average Bonchev–Trinajstić information content (AvgIpc) is 2.81. The Hall–Kier alpha value is -2.70. The zero-order chi connectivity index (χ0) is 17.7. The molecule has 128 valence electrons. The SMILES string of the molecule is CCOC(=O)[C@H]1C(=O)C(=O)N(Cc2ccccc2)[C@@H]1C(=O)OCC. The van der Waals surface area contributed by atoms with Crippen LogP contribution in [0.25, 0.3) is 0 Å². The summed E-state index contributed by atoms with van der Waals surface area (Å²) >= 11 is 0. The van der Waals surface area contributed by atoms with Crippen molar-refractivity contribution in [2.75, 3.05) is 13.2 Å². The number of carbonyl (C=O) groups excluding carboxylic acids is 4. The Labute approximate surface area is 139 Å². The maximum absolute atomic E-state index is 12.3. The van der Waals surface area contributed by atoms with E-state index in [0.29, 0.717) is 0 Å². The largest absolute Gasteiger partial charge is 0.465 e. The second-order valence-corrected chi connectivity index (χ2v) is 5.21. The number of esters is 2. The monoisotopic (exact) mass is 333 g/mol. The third-order valence-electron chi connectivity index (χ3n) is 3.67. The number of hydrogen-bond donors (Lipinski definition) is 0. The summed E-state index contributed by atoms with van der Waals surface area (Å²) < 4.78 is 9.81. The number of nitrogens with zero attached hydrogens (tertiary/aromatic N) is 1. The van der Waals surface area contributed by atoms with Crippen molar-refractivity contribution in [2.45, 2.75) is 26.4 Å². The Morgan fingerprint density at radius 1 is 1.00 bits per heavy atom. The van der Waals surface area contributed by atoms with Gasteiger partial charge in [-0.05, 0) is 19.4 Å². The third-order valence-corrected chi connectivity index (χ3v) is 3.67. The highest BCUT2D eigenvalue weighted by Crippen LogP contribution is 2.27. The van der Waals surface area contributed by atoms with E-state index in [1.54, 1.807) is 38.1 Å². The lowest BCUT2D eigenvalue weighted by molar-refractivity contribution is -0.160. The van der Waals surface area contributed by atoms with Crippen molar-refractivity contribution < 1.29 is 28.7 Å². The highest BCUT2D eigenvalue weighted by Gasteiger charge is 2.55. The van der Waals surface area contributed by atoms with Crippen LogP contribution in [0.15, 0.2) is 30.3 Å². The summed E-state index contributed by atoms with van der Waals surface area (Å²) in [4.78, 5) is 50.0. The van der Waals surface area contributed by atoms with Gasteiger partial charge in [-0.25, -0.2) is 4.79 Å². The van der Waals surface area contributed by atoms with Crippen LogP contribution < -0.4 is 0 Å². The normalized spacial score (nSPS) is 20.2. The van der Waals surface area contributed by atoms with Crippen molar-refractivity contribution in [1.29, 1.82) is 0 Å². The summed E-state index contributed by atoms with van der Waals surface area (Å²) in [6.07, 6.45) is 0. The van der Waals surface area contributed by atoms with E-state index in [2.05, 4.69) is 0 Å². The summed E-state index contributed by atoms with van der Waals surface area (Å²) in [7, 11) is 0. The van der Waals surface area contributed by atoms with Gasteiger partial charge < -0.3 is 14.4 Å². The van der Waals surface area contributed by atoms with Gasteiger partial charge >= 0.3 is 11.9 Å². The van der Waals surface area contributed by atoms with Gasteiger partial charge in [0.15, 0.2) is 12.0 Å². The molecule has 2 atom stereocenters. The van der Waals surface area contributed by atoms with Crippen molar-refractivity contribution in [3.8, 4) is 0 Å². The number of amides is 1. The van der Waals surface area contributed by atoms with E-state index in [9.17, 15) is 19.2 Å². The number of ketones is 1. The van der Waals surface area contributed by atoms with Crippen LogP contribution in [0, 0.1) is 5.92 Å². The fourth-order valence-corrected chi connectivity index (χ4v) is 2.63. The van der Waals surface area contributed by atoms with Gasteiger partial charge in [0, 0.05) is 6.54 Å². The van der Waals surface area contributed by atoms with Gasteiger partial charge in [0.05, 0.1) is 13.2 Å². The molecule has 1 saturated heterocycles. The third kappa shape index (κ3) is 3.45. The molecule has 24 heavy (non-hydrogen) atoms. The molecule has 0 radical (unpaired) electrons. The number of benzene rings is 1. The van der Waals surface area contributed by atoms with Gasteiger partial charge in [-0.2, -0.15) is 0 Å². The van der Waals surface area contributed by atoms with Crippen molar-refractivity contribution in [3.63, 3.8) is 0 Å². The summed E-state index contributed by atoms with van der Waals surface area (Å²) in [5.41, 5.74) is 0.734. The molecular weight excluding hydrogens is 314 g/mol. The first-order valence-corrected chi connectivity index (χ1v) is 7.73. The molecule has 0 N–H and O–H groups in total. The molecule has 0 unspecified atom stereocenters. The van der Waals surface area contributed by atoms with Crippen LogP contribution >= 0.6 is 0 Å². The second kappa shape index (κ2) is 7.72. The van der Waals surface area contributed by atoms with Crippen LogP contribution in [-0.2, 0) is 35.2 Å². The Morgan fingerprint density at radius 3 is 2.17 bits per heavy atom. The van der Waals surface area contributed by atoms with Gasteiger partial charge in [-0.1, -0.05) is 30.3 Å². The number of likely N-dealkylation sites (tertiary alicyclic amines) is 1. The molecule has 7 heteroatoms. The minimum Gasteiger partial charge on any atom is -0.465 e. The van der Waals surface area contributed by atoms with E-state index >= 15 is 0 Å². The Morgan fingerprint density at radius 2 is 1.58 bits per heavy atom. The summed E-state index contributed by atoms with van der Waals surface area (Å²) in [6.45, 7) is 3.35. The smallest absolute Gasteiger partial charge is 0.330 e. The van der Waals surface area contributed by atoms with Crippen molar-refractivity contribution >= 4 is 23.6 Å². The van der Waals surface area contributed by atoms with E-state index in [1.165, 1.54) is 0 Å². The minimum atomic E-state index is -1.49. The lowest BCUT2D eigenvalue weighted by atomic mass is 9.99. The zero-order valence-corrected chi connectivity index (χ0v) is 13.6. The van der Waals surface area contributed by atoms with Gasteiger partial charge in [0.1, 0.15) is 0 Å². The number of rotatable bonds is 6. The number of Topliss-reactive ketones (excluding diaryl/α,β-unsaturated/α-hetero) is 1. The van der Waals surface area contributed by atoms with Crippen LogP contribution in [0.3, 0.4) is 0 Å². The Balaban J connectivity index is 2.35. The molecule has 0 spiro atoms. The van der Waals surface area contributed by atoms with E-state index < -0.39 is 35.6 Å². The number of carbonyl (C=O) groups is 4. The quantitative estimate of drug-likeness (QED) is 0.433. The van der Waals surface area contributed by atoms with Crippen molar-refractivity contribution in [3.05, 3.63) is 35.9 Å². The van der Waals surface area contributed by atoms with E-state index in [1.807, 2.05) is 6.07 Å². The fraction of sp³-hybridized carbons (Fsp3) is 0.412. The van der Waals surface area contributed by atoms with Crippen LogP contribution in [0.2, 0.25) is 0 Å². The van der Waals surface area contributed by atoms with Crippen LogP contribution in [0.1, 0.15) is 19.4 Å². The van der Waals surface area contributed by atoms with Crippen LogP contribution in [0.5, 0.6) is 0 Å². The van der Waals surface area contributed by atoms with Gasteiger partial charge in [-0.3, -0.25) is 14.4 Å². The second-order valence-electron chi connectivity index (χ2n) is 5.21. The predicted molar refractivity (Wildman–Crippen MR) is 82.5 cm³/mol. The van der Waals surface area contributed by atoms with E-state index in [4.69, 9.17) is 9.47 Å². The topological polar surface area (TPSA) is 90.0 Å². The zero-order valence-electron chi connectivity index (χ0n) is 13.6. The molecule has 0 aromatic heterocycles. The lowest BCUT2D eigenvalue weighted by Crippen LogP contribution is -2.44. The lowest BCUT2D eigenvalue weighted by Gasteiger charge is -2.24. The summed E-state index contributed by atoms with van der Waals surface area (Å²) in [6, 6.07) is 7.59. The highest BCUT2D eigenvalue weighted by molar-refractivity contribution is 6.43. The van der Waals surface area contributed by atoms with Gasteiger partial charge in [-0.15, -0.1) is 0 Å².